The maximum atomic E-state index is 13.2. The minimum absolute atomic E-state index is 0.0433. The molecular formula is C20H20ClFN4O2S. The Labute approximate surface area is 177 Å². The first-order valence-electron chi connectivity index (χ1n) is 9.00. The zero-order valence-electron chi connectivity index (χ0n) is 15.9. The van der Waals surface area contributed by atoms with Gasteiger partial charge in [0.15, 0.2) is 17.1 Å². The third-order valence-corrected chi connectivity index (χ3v) is 5.27. The molecule has 29 heavy (non-hydrogen) atoms. The molecule has 0 bridgehead atoms. The van der Waals surface area contributed by atoms with Gasteiger partial charge in [0.05, 0.1) is 10.8 Å². The molecule has 1 N–H and O–H groups in total. The van der Waals surface area contributed by atoms with Gasteiger partial charge < -0.3 is 14.6 Å². The molecule has 0 aliphatic heterocycles. The summed E-state index contributed by atoms with van der Waals surface area (Å²) in [5.74, 6) is 0.774. The first-order chi connectivity index (χ1) is 14.0. The molecule has 0 unspecified atom stereocenters. The summed E-state index contributed by atoms with van der Waals surface area (Å²) in [6.45, 7) is 4.53. The number of rotatable bonds is 8. The number of nitrogens with zero attached hydrogens (tertiary/aromatic N) is 3. The average Bonchev–Trinajstić information content (AvgIpc) is 3.13. The van der Waals surface area contributed by atoms with Crippen molar-refractivity contribution in [2.24, 2.45) is 0 Å². The van der Waals surface area contributed by atoms with Crippen LogP contribution in [-0.4, -0.2) is 26.4 Å². The summed E-state index contributed by atoms with van der Waals surface area (Å²) < 4.78 is 21.1. The number of ether oxygens (including phenoxy) is 1. The van der Waals surface area contributed by atoms with Crippen LogP contribution in [-0.2, 0) is 11.3 Å². The van der Waals surface area contributed by atoms with E-state index in [-0.39, 0.29) is 22.8 Å². The molecule has 0 radical (unpaired) electrons. The predicted molar refractivity (Wildman–Crippen MR) is 112 cm³/mol. The van der Waals surface area contributed by atoms with E-state index in [1.165, 1.54) is 30.0 Å². The van der Waals surface area contributed by atoms with Crippen molar-refractivity contribution in [3.05, 3.63) is 65.2 Å². The molecule has 3 rings (SSSR count). The van der Waals surface area contributed by atoms with E-state index in [4.69, 9.17) is 16.3 Å². The highest BCUT2D eigenvalue weighted by Crippen LogP contribution is 2.25. The molecule has 6 nitrogen and oxygen atoms in total. The summed E-state index contributed by atoms with van der Waals surface area (Å²) in [5, 5.41) is 11.7. The van der Waals surface area contributed by atoms with E-state index in [1.54, 1.807) is 0 Å². The number of halogens is 2. The van der Waals surface area contributed by atoms with Crippen molar-refractivity contribution in [2.75, 3.05) is 11.1 Å². The molecular weight excluding hydrogens is 415 g/mol. The van der Waals surface area contributed by atoms with Crippen LogP contribution in [0.3, 0.4) is 0 Å². The Morgan fingerprint density at radius 1 is 1.28 bits per heavy atom. The van der Waals surface area contributed by atoms with Crippen LogP contribution in [0.2, 0.25) is 5.02 Å². The van der Waals surface area contributed by atoms with Crippen molar-refractivity contribution < 1.29 is 13.9 Å². The SMILES string of the molecule is CCn1c(SCC(=O)Nc2ccc(F)c(Cl)c2)nnc1[C@@H](C)Oc1ccccc1. The van der Waals surface area contributed by atoms with E-state index in [0.717, 1.165) is 5.75 Å². The highest BCUT2D eigenvalue weighted by Gasteiger charge is 2.19. The molecule has 0 aliphatic rings. The van der Waals surface area contributed by atoms with Gasteiger partial charge in [-0.15, -0.1) is 10.2 Å². The largest absolute Gasteiger partial charge is 0.483 e. The van der Waals surface area contributed by atoms with Gasteiger partial charge in [0.25, 0.3) is 0 Å². The molecule has 3 aromatic rings. The molecule has 1 heterocycles. The summed E-state index contributed by atoms with van der Waals surface area (Å²) in [4.78, 5) is 12.2. The normalized spacial score (nSPS) is 11.9. The van der Waals surface area contributed by atoms with Crippen LogP contribution in [0.15, 0.2) is 53.7 Å². The Hall–Kier alpha value is -2.58. The van der Waals surface area contributed by atoms with Gasteiger partial charge in [-0.1, -0.05) is 41.6 Å². The van der Waals surface area contributed by atoms with Gasteiger partial charge in [-0.25, -0.2) is 4.39 Å². The van der Waals surface area contributed by atoms with Gasteiger partial charge in [-0.05, 0) is 44.2 Å². The molecule has 152 valence electrons. The lowest BCUT2D eigenvalue weighted by Gasteiger charge is -2.15. The van der Waals surface area contributed by atoms with Crippen molar-refractivity contribution in [1.29, 1.82) is 0 Å². The number of carbonyl (C=O) groups is 1. The standard InChI is InChI=1S/C20H20ClFN4O2S/c1-3-26-19(13(2)28-15-7-5-4-6-8-15)24-25-20(26)29-12-18(27)23-14-9-10-17(22)16(21)11-14/h4-11,13H,3,12H2,1-2H3,(H,23,27)/t13-/m1/s1. The molecule has 1 atom stereocenters. The van der Waals surface area contributed by atoms with E-state index in [2.05, 4.69) is 15.5 Å². The summed E-state index contributed by atoms with van der Waals surface area (Å²) in [6.07, 6.45) is -0.297. The quantitative estimate of drug-likeness (QED) is 0.507. The topological polar surface area (TPSA) is 69.0 Å². The predicted octanol–water partition coefficient (Wildman–Crippen LogP) is 4.96. The molecule has 0 aliphatic carbocycles. The van der Waals surface area contributed by atoms with E-state index >= 15 is 0 Å². The minimum Gasteiger partial charge on any atom is -0.483 e. The smallest absolute Gasteiger partial charge is 0.234 e. The third kappa shape index (κ3) is 5.48. The van der Waals surface area contributed by atoms with Crippen LogP contribution in [0.25, 0.3) is 0 Å². The van der Waals surface area contributed by atoms with Gasteiger partial charge in [-0.2, -0.15) is 0 Å². The van der Waals surface area contributed by atoms with E-state index in [9.17, 15) is 9.18 Å². The van der Waals surface area contributed by atoms with Crippen LogP contribution < -0.4 is 10.1 Å². The summed E-state index contributed by atoms with van der Waals surface area (Å²) in [5.41, 5.74) is 0.435. The Morgan fingerprint density at radius 2 is 2.03 bits per heavy atom. The minimum atomic E-state index is -0.533. The maximum Gasteiger partial charge on any atom is 0.234 e. The first kappa shape index (κ1) is 21.1. The second-order valence-corrected chi connectivity index (χ2v) is 7.47. The van der Waals surface area contributed by atoms with Crippen LogP contribution in [0.5, 0.6) is 5.75 Å². The number of amides is 1. The zero-order chi connectivity index (χ0) is 20.8. The number of hydrogen-bond donors (Lipinski definition) is 1. The van der Waals surface area contributed by atoms with E-state index in [0.29, 0.717) is 23.2 Å². The third-order valence-electron chi connectivity index (χ3n) is 4.02. The molecule has 0 fully saturated rings. The van der Waals surface area contributed by atoms with Gasteiger partial charge >= 0.3 is 0 Å². The van der Waals surface area contributed by atoms with Crippen molar-refractivity contribution in [3.63, 3.8) is 0 Å². The van der Waals surface area contributed by atoms with E-state index < -0.39 is 5.82 Å². The number of nitrogens with one attached hydrogen (secondary N) is 1. The lowest BCUT2D eigenvalue weighted by Crippen LogP contribution is -2.15. The summed E-state index contributed by atoms with van der Waals surface area (Å²) in [6, 6.07) is 13.5. The Kier molecular flexibility index (Phi) is 7.11. The van der Waals surface area contributed by atoms with Crippen molar-refractivity contribution >= 4 is 35.0 Å². The average molecular weight is 435 g/mol. The number of thioether (sulfide) groups is 1. The van der Waals surface area contributed by atoms with Crippen molar-refractivity contribution in [2.45, 2.75) is 31.7 Å². The fraction of sp³-hybridized carbons (Fsp3) is 0.250. The molecule has 9 heteroatoms. The number of anilines is 1. The van der Waals surface area contributed by atoms with Gasteiger partial charge in [0, 0.05) is 12.2 Å². The lowest BCUT2D eigenvalue weighted by molar-refractivity contribution is -0.113. The fourth-order valence-electron chi connectivity index (χ4n) is 2.66. The first-order valence-corrected chi connectivity index (χ1v) is 10.4. The Bertz CT molecular complexity index is 984. The number of carbonyl (C=O) groups excluding carboxylic acids is 1. The molecule has 1 aromatic heterocycles. The Balaban J connectivity index is 1.62. The van der Waals surface area contributed by atoms with Crippen molar-refractivity contribution in [1.82, 2.24) is 14.8 Å². The second-order valence-electron chi connectivity index (χ2n) is 6.12. The van der Waals surface area contributed by atoms with Gasteiger partial charge in [-0.3, -0.25) is 4.79 Å². The van der Waals surface area contributed by atoms with Gasteiger partial charge in [0.2, 0.25) is 5.91 Å². The number of benzene rings is 2. The van der Waals surface area contributed by atoms with Crippen molar-refractivity contribution in [3.8, 4) is 5.75 Å². The summed E-state index contributed by atoms with van der Waals surface area (Å²) >= 11 is 7.00. The second kappa shape index (κ2) is 9.76. The van der Waals surface area contributed by atoms with Gasteiger partial charge in [0.1, 0.15) is 11.6 Å². The number of para-hydroxylation sites is 1. The Morgan fingerprint density at radius 3 is 2.72 bits per heavy atom. The van der Waals surface area contributed by atoms with Crippen LogP contribution in [0.1, 0.15) is 25.8 Å². The monoisotopic (exact) mass is 434 g/mol. The summed E-state index contributed by atoms with van der Waals surface area (Å²) in [7, 11) is 0. The van der Waals surface area contributed by atoms with Crippen LogP contribution >= 0.6 is 23.4 Å². The molecule has 1 amide bonds. The molecule has 0 spiro atoms. The lowest BCUT2D eigenvalue weighted by atomic mass is 10.3. The maximum absolute atomic E-state index is 13.2. The highest BCUT2D eigenvalue weighted by molar-refractivity contribution is 7.99. The zero-order valence-corrected chi connectivity index (χ0v) is 17.5. The molecule has 0 saturated carbocycles. The number of hydrogen-bond acceptors (Lipinski definition) is 5. The molecule has 0 saturated heterocycles. The van der Waals surface area contributed by atoms with Crippen LogP contribution in [0.4, 0.5) is 10.1 Å². The fourth-order valence-corrected chi connectivity index (χ4v) is 3.65. The number of aromatic nitrogens is 3. The highest BCUT2D eigenvalue weighted by atomic mass is 35.5. The van der Waals surface area contributed by atoms with Crippen LogP contribution in [0, 0.1) is 5.82 Å². The van der Waals surface area contributed by atoms with E-state index in [1.807, 2.05) is 48.7 Å². The molecule has 2 aromatic carbocycles.